The molecule has 2 heteroatoms. The first kappa shape index (κ1) is 10.2. The van der Waals surface area contributed by atoms with Crippen molar-refractivity contribution in [2.45, 2.75) is 12.8 Å². The maximum atomic E-state index is 3.40. The van der Waals surface area contributed by atoms with E-state index >= 15 is 0 Å². The SMILES string of the molecule is CNCCC=Cc1ccc2c(c1)NCC2. The normalized spacial score (nSPS) is 14.2. The lowest BCUT2D eigenvalue weighted by Crippen LogP contribution is -2.05. The highest BCUT2D eigenvalue weighted by Gasteiger charge is 2.08. The standard InChI is InChI=1S/C13H18N2/c1-14-8-3-2-4-11-5-6-12-7-9-15-13(12)10-11/h2,4-6,10,14-15H,3,7-9H2,1H3. The van der Waals surface area contributed by atoms with Gasteiger partial charge in [0.1, 0.15) is 0 Å². The molecule has 1 aromatic rings. The second-order valence-corrected chi connectivity index (χ2v) is 3.89. The van der Waals surface area contributed by atoms with E-state index < -0.39 is 0 Å². The molecule has 0 aliphatic carbocycles. The van der Waals surface area contributed by atoms with Crippen LogP contribution in [0, 0.1) is 0 Å². The fourth-order valence-corrected chi connectivity index (χ4v) is 1.86. The lowest BCUT2D eigenvalue weighted by Gasteiger charge is -2.00. The molecule has 1 aliphatic heterocycles. The van der Waals surface area contributed by atoms with Crippen LogP contribution in [0.4, 0.5) is 5.69 Å². The van der Waals surface area contributed by atoms with Gasteiger partial charge in [0.2, 0.25) is 0 Å². The van der Waals surface area contributed by atoms with Gasteiger partial charge in [-0.25, -0.2) is 0 Å². The van der Waals surface area contributed by atoms with Crippen LogP contribution in [0.25, 0.3) is 6.08 Å². The van der Waals surface area contributed by atoms with Crippen molar-refractivity contribution in [3.63, 3.8) is 0 Å². The van der Waals surface area contributed by atoms with Gasteiger partial charge in [0.25, 0.3) is 0 Å². The van der Waals surface area contributed by atoms with Crippen LogP contribution in [0.2, 0.25) is 0 Å². The van der Waals surface area contributed by atoms with Crippen molar-refractivity contribution in [3.8, 4) is 0 Å². The third kappa shape index (κ3) is 2.60. The monoisotopic (exact) mass is 202 g/mol. The Morgan fingerprint density at radius 1 is 1.47 bits per heavy atom. The Kier molecular flexibility index (Phi) is 3.41. The van der Waals surface area contributed by atoms with Gasteiger partial charge in [0.05, 0.1) is 0 Å². The molecule has 0 aromatic heterocycles. The zero-order chi connectivity index (χ0) is 10.5. The van der Waals surface area contributed by atoms with E-state index in [-0.39, 0.29) is 0 Å². The van der Waals surface area contributed by atoms with Crippen molar-refractivity contribution in [3.05, 3.63) is 35.4 Å². The van der Waals surface area contributed by atoms with E-state index in [1.807, 2.05) is 7.05 Å². The summed E-state index contributed by atoms with van der Waals surface area (Å²) < 4.78 is 0. The maximum absolute atomic E-state index is 3.40. The maximum Gasteiger partial charge on any atom is 0.0379 e. The summed E-state index contributed by atoms with van der Waals surface area (Å²) in [7, 11) is 1.98. The Hall–Kier alpha value is -1.28. The minimum atomic E-state index is 1.04. The molecule has 0 saturated heterocycles. The van der Waals surface area contributed by atoms with E-state index in [9.17, 15) is 0 Å². The average Bonchev–Trinajstić information content (AvgIpc) is 2.71. The zero-order valence-corrected chi connectivity index (χ0v) is 9.22. The summed E-state index contributed by atoms with van der Waals surface area (Å²) in [6.45, 7) is 2.13. The van der Waals surface area contributed by atoms with Crippen LogP contribution in [0.1, 0.15) is 17.5 Å². The summed E-state index contributed by atoms with van der Waals surface area (Å²) in [4.78, 5) is 0. The Balaban J connectivity index is 2.00. The fraction of sp³-hybridized carbons (Fsp3) is 0.385. The molecule has 0 saturated carbocycles. The first-order valence-electron chi connectivity index (χ1n) is 5.58. The number of rotatable bonds is 4. The van der Waals surface area contributed by atoms with E-state index in [0.717, 1.165) is 19.5 Å². The molecule has 2 nitrogen and oxygen atoms in total. The van der Waals surface area contributed by atoms with Gasteiger partial charge >= 0.3 is 0 Å². The van der Waals surface area contributed by atoms with Crippen LogP contribution in [0.5, 0.6) is 0 Å². The molecule has 2 N–H and O–H groups in total. The van der Waals surface area contributed by atoms with Crippen molar-refractivity contribution in [1.29, 1.82) is 0 Å². The molecule has 1 heterocycles. The Morgan fingerprint density at radius 3 is 3.27 bits per heavy atom. The first-order chi connectivity index (χ1) is 7.40. The number of fused-ring (bicyclic) bond motifs is 1. The number of benzene rings is 1. The predicted octanol–water partition coefficient (Wildman–Crippen LogP) is 2.28. The van der Waals surface area contributed by atoms with Gasteiger partial charge < -0.3 is 10.6 Å². The van der Waals surface area contributed by atoms with Gasteiger partial charge in [-0.2, -0.15) is 0 Å². The third-order valence-corrected chi connectivity index (χ3v) is 2.72. The van der Waals surface area contributed by atoms with Crippen LogP contribution >= 0.6 is 0 Å². The molecule has 2 rings (SSSR count). The summed E-state index contributed by atoms with van der Waals surface area (Å²) in [5.74, 6) is 0. The minimum Gasteiger partial charge on any atom is -0.384 e. The molecule has 0 amide bonds. The van der Waals surface area contributed by atoms with Crippen molar-refractivity contribution in [1.82, 2.24) is 5.32 Å². The molecule has 0 bridgehead atoms. The van der Waals surface area contributed by atoms with E-state index in [4.69, 9.17) is 0 Å². The first-order valence-corrected chi connectivity index (χ1v) is 5.58. The second-order valence-electron chi connectivity index (χ2n) is 3.89. The van der Waals surface area contributed by atoms with Crippen LogP contribution in [-0.4, -0.2) is 20.1 Å². The minimum absolute atomic E-state index is 1.04. The Labute approximate surface area is 91.4 Å². The highest BCUT2D eigenvalue weighted by atomic mass is 14.9. The van der Waals surface area contributed by atoms with E-state index in [1.54, 1.807) is 0 Å². The van der Waals surface area contributed by atoms with E-state index in [0.29, 0.717) is 0 Å². The van der Waals surface area contributed by atoms with Crippen LogP contribution in [0.15, 0.2) is 24.3 Å². The molecule has 1 aromatic carbocycles. The Bertz CT molecular complexity index is 356. The molecule has 0 unspecified atom stereocenters. The molecular formula is C13H18N2. The van der Waals surface area contributed by atoms with Gasteiger partial charge in [0.15, 0.2) is 0 Å². The van der Waals surface area contributed by atoms with Crippen molar-refractivity contribution in [2.75, 3.05) is 25.5 Å². The fourth-order valence-electron chi connectivity index (χ4n) is 1.86. The summed E-state index contributed by atoms with van der Waals surface area (Å²) >= 11 is 0. The third-order valence-electron chi connectivity index (χ3n) is 2.72. The van der Waals surface area contributed by atoms with Crippen LogP contribution in [0.3, 0.4) is 0 Å². The van der Waals surface area contributed by atoms with Crippen molar-refractivity contribution >= 4 is 11.8 Å². The molecule has 0 fully saturated rings. The number of anilines is 1. The number of hydrogen-bond donors (Lipinski definition) is 2. The van der Waals surface area contributed by atoms with Gasteiger partial charge in [-0.05, 0) is 43.6 Å². The second kappa shape index (κ2) is 4.99. The lowest BCUT2D eigenvalue weighted by molar-refractivity contribution is 0.809. The highest BCUT2D eigenvalue weighted by molar-refractivity contribution is 5.63. The van der Waals surface area contributed by atoms with Gasteiger partial charge in [-0.15, -0.1) is 0 Å². The number of hydrogen-bond acceptors (Lipinski definition) is 2. The van der Waals surface area contributed by atoms with Gasteiger partial charge in [-0.1, -0.05) is 24.3 Å². The summed E-state index contributed by atoms with van der Waals surface area (Å²) in [5, 5.41) is 6.53. The van der Waals surface area contributed by atoms with Gasteiger partial charge in [0, 0.05) is 12.2 Å². The van der Waals surface area contributed by atoms with Crippen LogP contribution < -0.4 is 10.6 Å². The molecular weight excluding hydrogens is 184 g/mol. The molecule has 0 atom stereocenters. The van der Waals surface area contributed by atoms with Crippen molar-refractivity contribution in [2.24, 2.45) is 0 Å². The molecule has 80 valence electrons. The molecule has 0 spiro atoms. The van der Waals surface area contributed by atoms with Crippen LogP contribution in [-0.2, 0) is 6.42 Å². The smallest absolute Gasteiger partial charge is 0.0379 e. The summed E-state index contributed by atoms with van der Waals surface area (Å²) in [6.07, 6.45) is 6.66. The summed E-state index contributed by atoms with van der Waals surface area (Å²) in [6, 6.07) is 6.66. The average molecular weight is 202 g/mol. The molecule has 1 aliphatic rings. The molecule has 0 radical (unpaired) electrons. The lowest BCUT2D eigenvalue weighted by atomic mass is 10.1. The largest absolute Gasteiger partial charge is 0.384 e. The zero-order valence-electron chi connectivity index (χ0n) is 9.22. The van der Waals surface area contributed by atoms with E-state index in [1.165, 1.54) is 23.2 Å². The highest BCUT2D eigenvalue weighted by Crippen LogP contribution is 2.23. The predicted molar refractivity (Wildman–Crippen MR) is 66.2 cm³/mol. The molecule has 15 heavy (non-hydrogen) atoms. The topological polar surface area (TPSA) is 24.1 Å². The van der Waals surface area contributed by atoms with Crippen molar-refractivity contribution < 1.29 is 0 Å². The van der Waals surface area contributed by atoms with E-state index in [2.05, 4.69) is 41.0 Å². The quantitative estimate of drug-likeness (QED) is 0.732. The number of nitrogens with one attached hydrogen (secondary N) is 2. The Morgan fingerprint density at radius 2 is 2.40 bits per heavy atom. The van der Waals surface area contributed by atoms with Gasteiger partial charge in [-0.3, -0.25) is 0 Å². The summed E-state index contributed by atoms with van der Waals surface area (Å²) in [5.41, 5.74) is 4.05.